The van der Waals surface area contributed by atoms with E-state index in [1.807, 2.05) is 24.3 Å². The standard InChI is InChI=1S/C16H17BrF3N3/c17-12-1-2-13-14(3-5-21-15(13)7-12)22-8-11-4-6-23(9-11)10-16(18,19)20/h1-3,5,7,11H,4,6,8-10H2,(H,21,22). The van der Waals surface area contributed by atoms with E-state index >= 15 is 0 Å². The zero-order valence-electron chi connectivity index (χ0n) is 12.4. The third kappa shape index (κ3) is 4.35. The van der Waals surface area contributed by atoms with Crippen molar-refractivity contribution >= 4 is 32.5 Å². The molecule has 0 radical (unpaired) electrons. The quantitative estimate of drug-likeness (QED) is 0.847. The number of fused-ring (bicyclic) bond motifs is 1. The predicted octanol–water partition coefficient (Wildman–Crippen LogP) is 4.29. The molecule has 1 fully saturated rings. The maximum absolute atomic E-state index is 12.4. The second-order valence-electron chi connectivity index (χ2n) is 5.91. The fraction of sp³-hybridized carbons (Fsp3) is 0.438. The molecule has 1 aliphatic heterocycles. The van der Waals surface area contributed by atoms with E-state index < -0.39 is 12.7 Å². The van der Waals surface area contributed by atoms with E-state index in [2.05, 4.69) is 26.2 Å². The van der Waals surface area contributed by atoms with Crippen LogP contribution in [0, 0.1) is 5.92 Å². The van der Waals surface area contributed by atoms with Crippen LogP contribution in [0.15, 0.2) is 34.9 Å². The zero-order chi connectivity index (χ0) is 16.4. The molecule has 2 heterocycles. The van der Waals surface area contributed by atoms with Gasteiger partial charge in [-0.25, -0.2) is 0 Å². The molecule has 1 atom stereocenters. The number of nitrogens with zero attached hydrogens (tertiary/aromatic N) is 2. The van der Waals surface area contributed by atoms with Gasteiger partial charge in [-0.1, -0.05) is 15.9 Å². The first-order valence-electron chi connectivity index (χ1n) is 7.48. The van der Waals surface area contributed by atoms with E-state index in [4.69, 9.17) is 0 Å². The molecular formula is C16H17BrF3N3. The Morgan fingerprint density at radius 1 is 1.30 bits per heavy atom. The van der Waals surface area contributed by atoms with Gasteiger partial charge in [0.25, 0.3) is 0 Å². The Hall–Kier alpha value is -1.34. The molecule has 1 aromatic carbocycles. The number of hydrogen-bond acceptors (Lipinski definition) is 3. The van der Waals surface area contributed by atoms with Gasteiger partial charge in [0, 0.05) is 34.8 Å². The van der Waals surface area contributed by atoms with E-state index in [1.165, 1.54) is 4.90 Å². The van der Waals surface area contributed by atoms with E-state index in [9.17, 15) is 13.2 Å². The summed E-state index contributed by atoms with van der Waals surface area (Å²) < 4.78 is 38.2. The van der Waals surface area contributed by atoms with Gasteiger partial charge in [0.05, 0.1) is 12.1 Å². The first-order valence-corrected chi connectivity index (χ1v) is 8.27. The van der Waals surface area contributed by atoms with Crippen LogP contribution >= 0.6 is 15.9 Å². The number of pyridine rings is 1. The molecule has 1 unspecified atom stereocenters. The Bertz CT molecular complexity index is 690. The number of nitrogens with one attached hydrogen (secondary N) is 1. The van der Waals surface area contributed by atoms with Crippen LogP contribution < -0.4 is 5.32 Å². The molecule has 124 valence electrons. The summed E-state index contributed by atoms with van der Waals surface area (Å²) in [5.74, 6) is 0.232. The Balaban J connectivity index is 1.61. The van der Waals surface area contributed by atoms with Crippen molar-refractivity contribution in [2.24, 2.45) is 5.92 Å². The highest BCUT2D eigenvalue weighted by Crippen LogP contribution is 2.26. The molecule has 1 N–H and O–H groups in total. The van der Waals surface area contributed by atoms with Crippen LogP contribution in [-0.4, -0.2) is 42.2 Å². The van der Waals surface area contributed by atoms with Gasteiger partial charge in [-0.05, 0) is 43.1 Å². The average molecular weight is 388 g/mol. The number of hydrogen-bond donors (Lipinski definition) is 1. The van der Waals surface area contributed by atoms with Crippen molar-refractivity contribution in [3.8, 4) is 0 Å². The van der Waals surface area contributed by atoms with Crippen LogP contribution in [0.1, 0.15) is 6.42 Å². The lowest BCUT2D eigenvalue weighted by atomic mass is 10.1. The minimum Gasteiger partial charge on any atom is -0.384 e. The van der Waals surface area contributed by atoms with Gasteiger partial charge in [0.1, 0.15) is 0 Å². The lowest BCUT2D eigenvalue weighted by molar-refractivity contribution is -0.143. The number of halogens is 4. The molecule has 1 saturated heterocycles. The minimum atomic E-state index is -4.11. The van der Waals surface area contributed by atoms with Crippen molar-refractivity contribution < 1.29 is 13.2 Å². The molecule has 0 aliphatic carbocycles. The topological polar surface area (TPSA) is 28.2 Å². The highest BCUT2D eigenvalue weighted by Gasteiger charge is 2.34. The second-order valence-corrected chi connectivity index (χ2v) is 6.82. The zero-order valence-corrected chi connectivity index (χ0v) is 14.0. The van der Waals surface area contributed by atoms with E-state index in [0.717, 1.165) is 27.5 Å². The predicted molar refractivity (Wildman–Crippen MR) is 88.5 cm³/mol. The molecule has 0 spiro atoms. The van der Waals surface area contributed by atoms with Crippen molar-refractivity contribution in [2.75, 3.05) is 31.5 Å². The van der Waals surface area contributed by atoms with E-state index in [0.29, 0.717) is 19.6 Å². The minimum absolute atomic E-state index is 0.232. The third-order valence-corrected chi connectivity index (χ3v) is 4.55. The monoisotopic (exact) mass is 387 g/mol. The van der Waals surface area contributed by atoms with Gasteiger partial charge in [-0.3, -0.25) is 9.88 Å². The molecular weight excluding hydrogens is 371 g/mol. The van der Waals surface area contributed by atoms with Gasteiger partial charge in [-0.15, -0.1) is 0 Å². The first kappa shape index (κ1) is 16.5. The third-order valence-electron chi connectivity index (χ3n) is 4.06. The van der Waals surface area contributed by atoms with Gasteiger partial charge in [0.15, 0.2) is 0 Å². The van der Waals surface area contributed by atoms with Crippen molar-refractivity contribution in [3.63, 3.8) is 0 Å². The summed E-state index contributed by atoms with van der Waals surface area (Å²) in [6, 6.07) is 7.79. The fourth-order valence-electron chi connectivity index (χ4n) is 3.01. The molecule has 1 aliphatic rings. The summed E-state index contributed by atoms with van der Waals surface area (Å²) in [5.41, 5.74) is 1.85. The smallest absolute Gasteiger partial charge is 0.384 e. The van der Waals surface area contributed by atoms with Gasteiger partial charge >= 0.3 is 6.18 Å². The van der Waals surface area contributed by atoms with Crippen molar-refractivity contribution in [1.29, 1.82) is 0 Å². The average Bonchev–Trinajstić information content (AvgIpc) is 2.90. The molecule has 2 aromatic rings. The lowest BCUT2D eigenvalue weighted by Gasteiger charge is -2.18. The Morgan fingerprint density at radius 3 is 2.91 bits per heavy atom. The highest BCUT2D eigenvalue weighted by molar-refractivity contribution is 9.10. The summed E-state index contributed by atoms with van der Waals surface area (Å²) in [4.78, 5) is 5.81. The van der Waals surface area contributed by atoms with Crippen LogP contribution in [0.25, 0.3) is 10.9 Å². The van der Waals surface area contributed by atoms with Crippen molar-refractivity contribution in [2.45, 2.75) is 12.6 Å². The SMILES string of the molecule is FC(F)(F)CN1CCC(CNc2ccnc3cc(Br)ccc23)C1. The molecule has 7 heteroatoms. The second kappa shape index (κ2) is 6.65. The molecule has 0 amide bonds. The summed E-state index contributed by atoms with van der Waals surface area (Å²) in [6.45, 7) is 0.857. The number of likely N-dealkylation sites (tertiary alicyclic amines) is 1. The Labute approximate surface area is 141 Å². The van der Waals surface area contributed by atoms with Crippen molar-refractivity contribution in [3.05, 3.63) is 34.9 Å². The normalized spacial score (nSPS) is 19.4. The van der Waals surface area contributed by atoms with E-state index in [1.54, 1.807) is 6.20 Å². The summed E-state index contributed by atoms with van der Waals surface area (Å²) in [6.07, 6.45) is -1.59. The molecule has 1 aromatic heterocycles. The van der Waals surface area contributed by atoms with E-state index in [-0.39, 0.29) is 5.92 Å². The lowest BCUT2D eigenvalue weighted by Crippen LogP contribution is -2.33. The molecule has 3 rings (SSSR count). The maximum atomic E-state index is 12.4. The molecule has 3 nitrogen and oxygen atoms in total. The summed E-state index contributed by atoms with van der Waals surface area (Å²) >= 11 is 3.42. The first-order chi connectivity index (χ1) is 10.9. The van der Waals surface area contributed by atoms with Gasteiger partial charge < -0.3 is 5.32 Å². The van der Waals surface area contributed by atoms with Gasteiger partial charge in [-0.2, -0.15) is 13.2 Å². The van der Waals surface area contributed by atoms with Gasteiger partial charge in [0.2, 0.25) is 0 Å². The Morgan fingerprint density at radius 2 is 2.13 bits per heavy atom. The number of rotatable bonds is 4. The van der Waals surface area contributed by atoms with Crippen LogP contribution in [0.2, 0.25) is 0 Å². The van der Waals surface area contributed by atoms with Crippen molar-refractivity contribution in [1.82, 2.24) is 9.88 Å². The highest BCUT2D eigenvalue weighted by atomic mass is 79.9. The molecule has 0 saturated carbocycles. The molecule has 0 bridgehead atoms. The number of alkyl halides is 3. The maximum Gasteiger partial charge on any atom is 0.401 e. The van der Waals surface area contributed by atoms with Crippen LogP contribution in [-0.2, 0) is 0 Å². The fourth-order valence-corrected chi connectivity index (χ4v) is 3.36. The van der Waals surface area contributed by atoms with Crippen LogP contribution in [0.3, 0.4) is 0 Å². The van der Waals surface area contributed by atoms with Crippen LogP contribution in [0.4, 0.5) is 18.9 Å². The number of benzene rings is 1. The summed E-state index contributed by atoms with van der Waals surface area (Å²) in [5, 5.41) is 4.38. The summed E-state index contributed by atoms with van der Waals surface area (Å²) in [7, 11) is 0. The molecule has 23 heavy (non-hydrogen) atoms. The number of anilines is 1. The number of aromatic nitrogens is 1. The largest absolute Gasteiger partial charge is 0.401 e. The van der Waals surface area contributed by atoms with Crippen LogP contribution in [0.5, 0.6) is 0 Å². The Kier molecular flexibility index (Phi) is 4.77.